The average Bonchev–Trinajstić information content (AvgIpc) is 2.69. The maximum atomic E-state index is 13.6. The molecule has 0 radical (unpaired) electrons. The summed E-state index contributed by atoms with van der Waals surface area (Å²) in [6.45, 7) is 2.53. The van der Waals surface area contributed by atoms with Gasteiger partial charge in [0.25, 0.3) is 0 Å². The van der Waals surface area contributed by atoms with Crippen molar-refractivity contribution in [1.29, 1.82) is 0 Å². The van der Waals surface area contributed by atoms with Crippen LogP contribution in [0.3, 0.4) is 0 Å². The Morgan fingerprint density at radius 2 is 1.68 bits per heavy atom. The Hall–Kier alpha value is -2.37. The van der Waals surface area contributed by atoms with Crippen LogP contribution in [0.5, 0.6) is 5.75 Å². The van der Waals surface area contributed by atoms with Crippen LogP contribution in [-0.2, 0) is 11.4 Å². The van der Waals surface area contributed by atoms with E-state index in [1.165, 1.54) is 29.5 Å². The molecule has 0 spiro atoms. The van der Waals surface area contributed by atoms with Crippen LogP contribution in [0.25, 0.3) is 11.1 Å². The normalized spacial score (nSPS) is 10.0. The lowest BCUT2D eigenvalue weighted by Crippen LogP contribution is -1.95. The van der Waals surface area contributed by atoms with Gasteiger partial charge in [-0.25, -0.2) is 8.78 Å². The zero-order valence-electron chi connectivity index (χ0n) is 15.4. The van der Waals surface area contributed by atoms with Gasteiger partial charge in [0.15, 0.2) is 11.6 Å². The number of hydrogen-bond donors (Lipinski definition) is 0. The quantitative estimate of drug-likeness (QED) is 0.262. The summed E-state index contributed by atoms with van der Waals surface area (Å²) >= 11 is 5.71. The summed E-state index contributed by atoms with van der Waals surface area (Å²) in [7, 11) is 0. The van der Waals surface area contributed by atoms with E-state index in [1.54, 1.807) is 0 Å². The summed E-state index contributed by atoms with van der Waals surface area (Å²) < 4.78 is 32.8. The van der Waals surface area contributed by atoms with E-state index in [9.17, 15) is 8.78 Å². The van der Waals surface area contributed by atoms with E-state index < -0.39 is 11.6 Å². The fourth-order valence-electron chi connectivity index (χ4n) is 2.62. The molecule has 0 saturated heterocycles. The summed E-state index contributed by atoms with van der Waals surface area (Å²) in [6.07, 6.45) is 1.84. The number of carbonyl (C=O) groups is 1. The van der Waals surface area contributed by atoms with E-state index >= 15 is 0 Å². The number of aryl methyl sites for hydroxylation is 1. The first-order valence-corrected chi connectivity index (χ1v) is 10.00. The minimum absolute atomic E-state index is 0.222. The maximum Gasteiger partial charge on any atom is 0.208 e. The molecule has 6 heteroatoms. The van der Waals surface area contributed by atoms with Crippen molar-refractivity contribution in [3.8, 4) is 16.9 Å². The number of rotatable bonds is 5. The molecule has 28 heavy (non-hydrogen) atoms. The summed E-state index contributed by atoms with van der Waals surface area (Å²) in [4.78, 5) is 9.27. The van der Waals surface area contributed by atoms with Gasteiger partial charge in [-0.15, -0.1) is 11.8 Å². The molecule has 146 valence electrons. The van der Waals surface area contributed by atoms with Crippen LogP contribution < -0.4 is 4.74 Å². The lowest BCUT2D eigenvalue weighted by Gasteiger charge is -2.11. The summed E-state index contributed by atoms with van der Waals surface area (Å²) in [5, 5.41) is 0. The van der Waals surface area contributed by atoms with Gasteiger partial charge in [-0.05, 0) is 65.7 Å². The number of carbonyl (C=O) groups excluding carboxylic acids is 1. The largest absolute Gasteiger partial charge is 0.489 e. The Labute approximate surface area is 172 Å². The third-order valence-corrected chi connectivity index (χ3v) is 4.67. The number of hydrogen-bond acceptors (Lipinski definition) is 3. The van der Waals surface area contributed by atoms with Gasteiger partial charge in [0, 0.05) is 4.90 Å². The Morgan fingerprint density at radius 3 is 2.29 bits per heavy atom. The molecular formula is C22H19ClF2O2S. The van der Waals surface area contributed by atoms with E-state index in [0.717, 1.165) is 16.9 Å². The smallest absolute Gasteiger partial charge is 0.208 e. The Kier molecular flexibility index (Phi) is 8.48. The molecule has 3 aromatic carbocycles. The van der Waals surface area contributed by atoms with Crippen LogP contribution in [-0.4, -0.2) is 12.0 Å². The van der Waals surface area contributed by atoms with Gasteiger partial charge >= 0.3 is 0 Å². The molecular weight excluding hydrogens is 402 g/mol. The number of halogens is 3. The Bertz CT molecular complexity index is 930. The SMILES string of the molecule is CSc1cc(F)c(F)cc1-c1ccc(OCc2cccc(C)c2)cc1.O=CCl. The van der Waals surface area contributed by atoms with Crippen molar-refractivity contribution >= 4 is 29.1 Å². The highest BCUT2D eigenvalue weighted by Crippen LogP contribution is 2.33. The van der Waals surface area contributed by atoms with Crippen molar-refractivity contribution in [2.45, 2.75) is 18.4 Å². The zero-order valence-corrected chi connectivity index (χ0v) is 17.0. The van der Waals surface area contributed by atoms with E-state index in [0.29, 0.717) is 17.1 Å². The standard InChI is InChI=1S/C21H18F2OS.CHClO/c1-14-4-3-5-15(10-14)13-24-17-8-6-16(7-9-17)18-11-19(22)20(23)12-21(18)25-2;2-1-3/h3-12H,13H2,1-2H3;1H. The minimum Gasteiger partial charge on any atom is -0.489 e. The molecule has 0 aliphatic carbocycles. The molecule has 0 N–H and O–H groups in total. The van der Waals surface area contributed by atoms with Crippen LogP contribution in [0, 0.1) is 18.6 Å². The molecule has 3 rings (SSSR count). The summed E-state index contributed by atoms with van der Waals surface area (Å²) in [6, 6.07) is 18.0. The van der Waals surface area contributed by atoms with Crippen molar-refractivity contribution in [2.24, 2.45) is 0 Å². The Morgan fingerprint density at radius 1 is 1.04 bits per heavy atom. The highest BCUT2D eigenvalue weighted by atomic mass is 35.5. The molecule has 0 aromatic heterocycles. The van der Waals surface area contributed by atoms with Crippen molar-refractivity contribution < 1.29 is 18.3 Å². The van der Waals surface area contributed by atoms with Crippen LogP contribution in [0.15, 0.2) is 65.6 Å². The van der Waals surface area contributed by atoms with Crippen molar-refractivity contribution in [2.75, 3.05) is 6.26 Å². The fraction of sp³-hybridized carbons (Fsp3) is 0.136. The molecule has 0 aliphatic heterocycles. The van der Waals surface area contributed by atoms with Gasteiger partial charge in [-0.1, -0.05) is 42.0 Å². The van der Waals surface area contributed by atoms with Crippen molar-refractivity contribution in [3.63, 3.8) is 0 Å². The molecule has 0 heterocycles. The molecule has 0 bridgehead atoms. The zero-order chi connectivity index (χ0) is 20.5. The number of thioether (sulfide) groups is 1. The van der Waals surface area contributed by atoms with Gasteiger partial charge in [0.2, 0.25) is 5.75 Å². The molecule has 0 saturated carbocycles. The van der Waals surface area contributed by atoms with Gasteiger partial charge < -0.3 is 4.74 Å². The molecule has 0 unspecified atom stereocenters. The van der Waals surface area contributed by atoms with Crippen LogP contribution in [0.1, 0.15) is 11.1 Å². The Balaban J connectivity index is 0.000000878. The second-order valence-electron chi connectivity index (χ2n) is 5.86. The molecule has 0 fully saturated rings. The van der Waals surface area contributed by atoms with Gasteiger partial charge in [-0.2, -0.15) is 0 Å². The predicted molar refractivity (Wildman–Crippen MR) is 112 cm³/mol. The van der Waals surface area contributed by atoms with Crippen molar-refractivity contribution in [3.05, 3.63) is 83.4 Å². The van der Waals surface area contributed by atoms with Crippen LogP contribution in [0.4, 0.5) is 8.78 Å². The van der Waals surface area contributed by atoms with E-state index in [2.05, 4.69) is 17.7 Å². The van der Waals surface area contributed by atoms with E-state index in [1.807, 2.05) is 55.6 Å². The summed E-state index contributed by atoms with van der Waals surface area (Å²) in [5.74, 6) is -0.711. The second kappa shape index (κ2) is 10.8. The third-order valence-electron chi connectivity index (χ3n) is 3.90. The van der Waals surface area contributed by atoms with Crippen molar-refractivity contribution in [1.82, 2.24) is 0 Å². The topological polar surface area (TPSA) is 26.3 Å². The molecule has 0 amide bonds. The van der Waals surface area contributed by atoms with Crippen LogP contribution >= 0.6 is 23.4 Å². The van der Waals surface area contributed by atoms with E-state index in [-0.39, 0.29) is 5.75 Å². The monoisotopic (exact) mass is 420 g/mol. The highest BCUT2D eigenvalue weighted by Gasteiger charge is 2.11. The lowest BCUT2D eigenvalue weighted by molar-refractivity contribution is 0.306. The molecule has 0 atom stereocenters. The lowest BCUT2D eigenvalue weighted by atomic mass is 10.1. The minimum atomic E-state index is -0.840. The molecule has 0 aliphatic rings. The van der Waals surface area contributed by atoms with Crippen LogP contribution in [0.2, 0.25) is 0 Å². The number of ether oxygens (including phenoxy) is 1. The van der Waals surface area contributed by atoms with Gasteiger partial charge in [0.05, 0.1) is 0 Å². The highest BCUT2D eigenvalue weighted by molar-refractivity contribution is 7.98. The third kappa shape index (κ3) is 6.08. The summed E-state index contributed by atoms with van der Waals surface area (Å²) in [5.41, 5.74) is 3.80. The van der Waals surface area contributed by atoms with E-state index in [4.69, 9.17) is 9.53 Å². The second-order valence-corrected chi connectivity index (χ2v) is 6.88. The maximum absolute atomic E-state index is 13.6. The fourth-order valence-corrected chi connectivity index (χ4v) is 3.24. The first kappa shape index (κ1) is 21.9. The predicted octanol–water partition coefficient (Wildman–Crippen LogP) is 6.66. The van der Waals surface area contributed by atoms with Gasteiger partial charge in [0.1, 0.15) is 12.4 Å². The average molecular weight is 421 g/mol. The van der Waals surface area contributed by atoms with Gasteiger partial charge in [-0.3, -0.25) is 4.79 Å². The molecule has 3 aromatic rings. The first-order valence-electron chi connectivity index (χ1n) is 8.34. The molecule has 2 nitrogen and oxygen atoms in total. The first-order chi connectivity index (χ1) is 13.5. The number of benzene rings is 3.